The summed E-state index contributed by atoms with van der Waals surface area (Å²) in [6.07, 6.45) is 0. The summed E-state index contributed by atoms with van der Waals surface area (Å²) in [5.41, 5.74) is 0.958. The van der Waals surface area contributed by atoms with Crippen molar-refractivity contribution in [2.24, 2.45) is 0 Å². The second-order valence-corrected chi connectivity index (χ2v) is 11.7. The molecular formula is C19H24BrN3O5S2. The van der Waals surface area contributed by atoms with Crippen LogP contribution in [0, 0.1) is 6.92 Å². The van der Waals surface area contributed by atoms with Crippen LogP contribution in [0.3, 0.4) is 0 Å². The molecular weight excluding hydrogens is 494 g/mol. The molecule has 0 heterocycles. The molecule has 0 spiro atoms. The monoisotopic (exact) mass is 517 g/mol. The highest BCUT2D eigenvalue weighted by molar-refractivity contribution is 9.10. The van der Waals surface area contributed by atoms with Crippen LogP contribution in [0.15, 0.2) is 56.7 Å². The van der Waals surface area contributed by atoms with Gasteiger partial charge in [0.2, 0.25) is 26.0 Å². The molecule has 1 amide bonds. The smallest absolute Gasteiger partial charge is 0.243 e. The molecule has 0 unspecified atom stereocenters. The summed E-state index contributed by atoms with van der Waals surface area (Å²) in [5, 5.41) is 2.62. The second-order valence-electron chi connectivity index (χ2n) is 6.70. The number of aryl methyl sites for hydroxylation is 1. The fourth-order valence-electron chi connectivity index (χ4n) is 2.58. The second kappa shape index (κ2) is 9.56. The zero-order valence-electron chi connectivity index (χ0n) is 17.1. The SMILES string of the molecule is CCN(CC(=O)Nc1cc(S(=O)(=O)N(C)C)ccc1C)S(=O)(=O)c1ccc(Br)cc1. The van der Waals surface area contributed by atoms with Crippen molar-refractivity contribution in [3.63, 3.8) is 0 Å². The topological polar surface area (TPSA) is 104 Å². The average molecular weight is 518 g/mol. The molecule has 2 aromatic carbocycles. The first-order chi connectivity index (χ1) is 13.9. The van der Waals surface area contributed by atoms with Crippen molar-refractivity contribution in [2.45, 2.75) is 23.6 Å². The zero-order valence-corrected chi connectivity index (χ0v) is 20.3. The average Bonchev–Trinajstić information content (AvgIpc) is 2.67. The Hall–Kier alpha value is -1.79. The Labute approximate surface area is 186 Å². The Bertz CT molecular complexity index is 1130. The molecule has 0 aliphatic rings. The number of carbonyl (C=O) groups is 1. The van der Waals surface area contributed by atoms with Crippen LogP contribution in [0.5, 0.6) is 0 Å². The summed E-state index contributed by atoms with van der Waals surface area (Å²) in [6.45, 7) is 3.05. The van der Waals surface area contributed by atoms with Gasteiger partial charge in [-0.3, -0.25) is 4.79 Å². The highest BCUT2D eigenvalue weighted by atomic mass is 79.9. The largest absolute Gasteiger partial charge is 0.325 e. The molecule has 164 valence electrons. The van der Waals surface area contributed by atoms with Crippen molar-refractivity contribution in [2.75, 3.05) is 32.5 Å². The molecule has 8 nitrogen and oxygen atoms in total. The highest BCUT2D eigenvalue weighted by Crippen LogP contribution is 2.23. The quantitative estimate of drug-likeness (QED) is 0.579. The minimum absolute atomic E-state index is 0.0308. The molecule has 0 fully saturated rings. The Morgan fingerprint density at radius 2 is 1.53 bits per heavy atom. The molecule has 0 aliphatic heterocycles. The lowest BCUT2D eigenvalue weighted by Crippen LogP contribution is -2.38. The van der Waals surface area contributed by atoms with Crippen molar-refractivity contribution in [1.29, 1.82) is 0 Å². The number of hydrogen-bond donors (Lipinski definition) is 1. The van der Waals surface area contributed by atoms with Crippen molar-refractivity contribution in [3.8, 4) is 0 Å². The predicted octanol–water partition coefficient (Wildman–Crippen LogP) is 2.66. The standard InChI is InChI=1S/C19H24BrN3O5S2/c1-5-23(30(27,28)16-10-7-15(20)8-11-16)13-19(24)21-18-12-17(9-6-14(18)2)29(25,26)22(3)4/h6-12H,5,13H2,1-4H3,(H,21,24). The first kappa shape index (κ1) is 24.5. The maximum atomic E-state index is 12.8. The third-order valence-electron chi connectivity index (χ3n) is 4.39. The van der Waals surface area contributed by atoms with Gasteiger partial charge >= 0.3 is 0 Å². The van der Waals surface area contributed by atoms with Crippen LogP contribution in [0.1, 0.15) is 12.5 Å². The van der Waals surface area contributed by atoms with Gasteiger partial charge in [0.25, 0.3) is 0 Å². The summed E-state index contributed by atoms with van der Waals surface area (Å²) in [7, 11) is -4.70. The number of nitrogens with one attached hydrogen (secondary N) is 1. The molecule has 30 heavy (non-hydrogen) atoms. The molecule has 2 rings (SSSR count). The lowest BCUT2D eigenvalue weighted by Gasteiger charge is -2.20. The molecule has 0 radical (unpaired) electrons. The molecule has 11 heteroatoms. The number of halogens is 1. The van der Waals surface area contributed by atoms with E-state index in [2.05, 4.69) is 21.2 Å². The third-order valence-corrected chi connectivity index (χ3v) is 8.66. The Morgan fingerprint density at radius 1 is 0.967 bits per heavy atom. The van der Waals surface area contributed by atoms with Crippen molar-refractivity contribution in [3.05, 3.63) is 52.5 Å². The van der Waals surface area contributed by atoms with Crippen LogP contribution in [0.25, 0.3) is 0 Å². The minimum atomic E-state index is -3.86. The molecule has 0 bridgehead atoms. The fourth-order valence-corrected chi connectivity index (χ4v) is 5.18. The van der Waals surface area contributed by atoms with E-state index in [0.717, 1.165) is 13.1 Å². The van der Waals surface area contributed by atoms with Gasteiger partial charge in [-0.15, -0.1) is 0 Å². The zero-order chi connectivity index (χ0) is 22.7. The van der Waals surface area contributed by atoms with Crippen LogP contribution in [0.4, 0.5) is 5.69 Å². The van der Waals surface area contributed by atoms with Gasteiger partial charge < -0.3 is 5.32 Å². The predicted molar refractivity (Wildman–Crippen MR) is 119 cm³/mol. The van der Waals surface area contributed by atoms with E-state index in [1.807, 2.05) is 0 Å². The van der Waals surface area contributed by atoms with E-state index in [1.54, 1.807) is 32.0 Å². The highest BCUT2D eigenvalue weighted by Gasteiger charge is 2.26. The van der Waals surface area contributed by atoms with Gasteiger partial charge in [0.1, 0.15) is 0 Å². The Balaban J connectivity index is 2.24. The van der Waals surface area contributed by atoms with Gasteiger partial charge in [0.15, 0.2) is 0 Å². The number of nitrogens with zero attached hydrogens (tertiary/aromatic N) is 2. The van der Waals surface area contributed by atoms with Crippen LogP contribution in [0.2, 0.25) is 0 Å². The molecule has 0 atom stereocenters. The Kier molecular flexibility index (Phi) is 7.80. The van der Waals surface area contributed by atoms with E-state index >= 15 is 0 Å². The van der Waals surface area contributed by atoms with Gasteiger partial charge in [-0.05, 0) is 48.9 Å². The number of hydrogen-bond acceptors (Lipinski definition) is 5. The number of benzene rings is 2. The maximum Gasteiger partial charge on any atom is 0.243 e. The van der Waals surface area contributed by atoms with E-state index in [4.69, 9.17) is 0 Å². The summed E-state index contributed by atoms with van der Waals surface area (Å²) < 4.78 is 53.2. The minimum Gasteiger partial charge on any atom is -0.325 e. The van der Waals surface area contributed by atoms with Gasteiger partial charge in [-0.2, -0.15) is 4.31 Å². The van der Waals surface area contributed by atoms with Gasteiger partial charge in [0.05, 0.1) is 16.3 Å². The number of amides is 1. The first-order valence-electron chi connectivity index (χ1n) is 8.98. The van der Waals surface area contributed by atoms with Crippen LogP contribution >= 0.6 is 15.9 Å². The van der Waals surface area contributed by atoms with E-state index in [9.17, 15) is 21.6 Å². The fraction of sp³-hybridized carbons (Fsp3) is 0.316. The summed E-state index contributed by atoms with van der Waals surface area (Å²) in [6, 6.07) is 10.5. The number of anilines is 1. The number of rotatable bonds is 8. The molecule has 0 saturated heterocycles. The van der Waals surface area contributed by atoms with Crippen molar-refractivity contribution < 1.29 is 21.6 Å². The molecule has 0 saturated carbocycles. The number of likely N-dealkylation sites (N-methyl/N-ethyl adjacent to an activating group) is 1. The van der Waals surface area contributed by atoms with Crippen LogP contribution in [-0.4, -0.2) is 58.5 Å². The summed E-state index contributed by atoms with van der Waals surface area (Å²) >= 11 is 3.26. The third kappa shape index (κ3) is 5.46. The molecule has 0 aromatic heterocycles. The van der Waals surface area contributed by atoms with Crippen LogP contribution in [-0.2, 0) is 24.8 Å². The van der Waals surface area contributed by atoms with Gasteiger partial charge in [-0.1, -0.05) is 28.9 Å². The number of sulfonamides is 2. The van der Waals surface area contributed by atoms with Crippen molar-refractivity contribution in [1.82, 2.24) is 8.61 Å². The normalized spacial score (nSPS) is 12.4. The maximum absolute atomic E-state index is 12.8. The summed E-state index contributed by atoms with van der Waals surface area (Å²) in [4.78, 5) is 12.7. The Morgan fingerprint density at radius 3 is 2.07 bits per heavy atom. The molecule has 2 aromatic rings. The van der Waals surface area contributed by atoms with Crippen molar-refractivity contribution >= 4 is 47.6 Å². The van der Waals surface area contributed by atoms with Gasteiger partial charge in [0, 0.05) is 30.8 Å². The van der Waals surface area contributed by atoms with E-state index < -0.39 is 32.5 Å². The van der Waals surface area contributed by atoms with Crippen LogP contribution < -0.4 is 5.32 Å². The number of carbonyl (C=O) groups excluding carboxylic acids is 1. The lowest BCUT2D eigenvalue weighted by molar-refractivity contribution is -0.116. The molecule has 0 aliphatic carbocycles. The molecule has 1 N–H and O–H groups in total. The van der Waals surface area contributed by atoms with Gasteiger partial charge in [-0.25, -0.2) is 21.1 Å². The van der Waals surface area contributed by atoms with E-state index in [1.165, 1.54) is 38.4 Å². The van der Waals surface area contributed by atoms with E-state index in [0.29, 0.717) is 11.3 Å². The van der Waals surface area contributed by atoms with E-state index in [-0.39, 0.29) is 16.3 Å². The first-order valence-corrected chi connectivity index (χ1v) is 12.7. The summed E-state index contributed by atoms with van der Waals surface area (Å²) in [5.74, 6) is -0.569. The lowest BCUT2D eigenvalue weighted by atomic mass is 10.2.